The Kier molecular flexibility index (Phi) is 4.30. The molecule has 0 spiro atoms. The number of aromatic nitrogens is 4. The lowest BCUT2D eigenvalue weighted by molar-refractivity contribution is 0.199. The monoisotopic (exact) mass is 319 g/mol. The number of methoxy groups -OCH3 is 1. The van der Waals surface area contributed by atoms with Crippen LogP contribution in [0.3, 0.4) is 0 Å². The van der Waals surface area contributed by atoms with Crippen LogP contribution in [0.1, 0.15) is 30.5 Å². The molecule has 0 aliphatic carbocycles. The van der Waals surface area contributed by atoms with Crippen molar-refractivity contribution in [1.82, 2.24) is 20.1 Å². The predicted octanol–water partition coefficient (Wildman–Crippen LogP) is 2.74. The van der Waals surface area contributed by atoms with Crippen LogP contribution in [0.15, 0.2) is 16.0 Å². The summed E-state index contributed by atoms with van der Waals surface area (Å²) in [6.07, 6.45) is 0.633. The zero-order chi connectivity index (χ0) is 15.5. The highest BCUT2D eigenvalue weighted by Gasteiger charge is 2.17. The summed E-state index contributed by atoms with van der Waals surface area (Å²) in [7, 11) is 1.65. The Hall–Kier alpha value is -2.06. The third-order valence-electron chi connectivity index (χ3n) is 3.15. The van der Waals surface area contributed by atoms with Gasteiger partial charge in [-0.1, -0.05) is 5.16 Å². The van der Waals surface area contributed by atoms with Gasteiger partial charge in [0.15, 0.2) is 5.82 Å². The van der Waals surface area contributed by atoms with Crippen LogP contribution in [-0.4, -0.2) is 33.8 Å². The standard InChI is InChI=1S/C14H17N5O2S/c1-8(14-18-11(19-21-14)4-6-20-3)15-13-12-10(5-7-22-12)16-9(2)17-13/h5,7-8H,4,6H2,1-3H3,(H,15,16,17)/t8-/m1/s1. The molecule has 0 unspecified atom stereocenters. The van der Waals surface area contributed by atoms with Crippen LogP contribution in [0, 0.1) is 6.92 Å². The molecule has 0 aliphatic heterocycles. The van der Waals surface area contributed by atoms with Crippen molar-refractivity contribution < 1.29 is 9.26 Å². The topological polar surface area (TPSA) is 86.0 Å². The number of aryl methyl sites for hydroxylation is 1. The molecule has 3 aromatic rings. The summed E-state index contributed by atoms with van der Waals surface area (Å²) >= 11 is 1.61. The number of rotatable bonds is 6. The molecule has 116 valence electrons. The number of nitrogens with one attached hydrogen (secondary N) is 1. The molecular formula is C14H17N5O2S. The molecule has 0 bridgehead atoms. The van der Waals surface area contributed by atoms with E-state index in [-0.39, 0.29) is 6.04 Å². The summed E-state index contributed by atoms with van der Waals surface area (Å²) in [5.74, 6) is 2.70. The van der Waals surface area contributed by atoms with Gasteiger partial charge < -0.3 is 14.6 Å². The molecule has 0 aromatic carbocycles. The number of hydrogen-bond acceptors (Lipinski definition) is 8. The summed E-state index contributed by atoms with van der Waals surface area (Å²) in [5, 5.41) is 9.28. The van der Waals surface area contributed by atoms with Gasteiger partial charge in [0.1, 0.15) is 17.7 Å². The molecule has 1 N–H and O–H groups in total. The maximum atomic E-state index is 5.30. The van der Waals surface area contributed by atoms with Crippen molar-refractivity contribution in [3.8, 4) is 0 Å². The lowest BCUT2D eigenvalue weighted by atomic mass is 10.3. The molecule has 8 heteroatoms. The second-order valence-electron chi connectivity index (χ2n) is 4.91. The predicted molar refractivity (Wildman–Crippen MR) is 84.1 cm³/mol. The van der Waals surface area contributed by atoms with E-state index >= 15 is 0 Å². The van der Waals surface area contributed by atoms with E-state index in [2.05, 4.69) is 25.4 Å². The first-order valence-electron chi connectivity index (χ1n) is 6.97. The lowest BCUT2D eigenvalue weighted by Crippen LogP contribution is -2.09. The smallest absolute Gasteiger partial charge is 0.248 e. The van der Waals surface area contributed by atoms with Crippen LogP contribution in [0.25, 0.3) is 10.2 Å². The minimum absolute atomic E-state index is 0.136. The van der Waals surface area contributed by atoms with Crippen LogP contribution in [0.2, 0.25) is 0 Å². The van der Waals surface area contributed by atoms with E-state index in [1.54, 1.807) is 18.4 Å². The molecule has 0 saturated heterocycles. The van der Waals surface area contributed by atoms with Crippen molar-refractivity contribution in [2.75, 3.05) is 19.0 Å². The summed E-state index contributed by atoms with van der Waals surface area (Å²) in [4.78, 5) is 13.3. The van der Waals surface area contributed by atoms with Gasteiger partial charge in [-0.3, -0.25) is 0 Å². The molecule has 0 radical (unpaired) electrons. The summed E-state index contributed by atoms with van der Waals surface area (Å²) in [6.45, 7) is 4.41. The van der Waals surface area contributed by atoms with Crippen LogP contribution in [0.5, 0.6) is 0 Å². The molecule has 3 rings (SSSR count). The van der Waals surface area contributed by atoms with Crippen LogP contribution in [0.4, 0.5) is 5.82 Å². The first-order valence-corrected chi connectivity index (χ1v) is 7.85. The molecule has 22 heavy (non-hydrogen) atoms. The maximum absolute atomic E-state index is 5.30. The quantitative estimate of drug-likeness (QED) is 0.747. The van der Waals surface area contributed by atoms with Crippen molar-refractivity contribution in [3.05, 3.63) is 29.0 Å². The van der Waals surface area contributed by atoms with Gasteiger partial charge in [0.2, 0.25) is 5.89 Å². The second kappa shape index (κ2) is 6.37. The van der Waals surface area contributed by atoms with E-state index < -0.39 is 0 Å². The normalized spacial score (nSPS) is 12.7. The zero-order valence-corrected chi connectivity index (χ0v) is 13.5. The highest BCUT2D eigenvalue weighted by Crippen LogP contribution is 2.28. The second-order valence-corrected chi connectivity index (χ2v) is 5.83. The fraction of sp³-hybridized carbons (Fsp3) is 0.429. The minimum atomic E-state index is -0.136. The summed E-state index contributed by atoms with van der Waals surface area (Å²) < 4.78 is 11.3. The first kappa shape index (κ1) is 14.9. The van der Waals surface area contributed by atoms with E-state index in [4.69, 9.17) is 9.26 Å². The van der Waals surface area contributed by atoms with Crippen molar-refractivity contribution in [2.45, 2.75) is 26.3 Å². The third kappa shape index (κ3) is 3.07. The average Bonchev–Trinajstić information content (AvgIpc) is 3.13. The van der Waals surface area contributed by atoms with Gasteiger partial charge in [0.25, 0.3) is 0 Å². The SMILES string of the molecule is COCCc1noc([C@@H](C)Nc2nc(C)nc3ccsc23)n1. The van der Waals surface area contributed by atoms with Crippen molar-refractivity contribution in [3.63, 3.8) is 0 Å². The number of fused-ring (bicyclic) bond motifs is 1. The Morgan fingerprint density at radius 1 is 1.36 bits per heavy atom. The molecule has 0 aliphatic rings. The number of ether oxygens (including phenoxy) is 1. The number of thiophene rings is 1. The number of nitrogens with zero attached hydrogens (tertiary/aromatic N) is 4. The first-order chi connectivity index (χ1) is 10.7. The molecule has 7 nitrogen and oxygen atoms in total. The molecule has 1 atom stereocenters. The van der Waals surface area contributed by atoms with Gasteiger partial charge in [-0.2, -0.15) is 4.98 Å². The van der Waals surface area contributed by atoms with Gasteiger partial charge in [0.05, 0.1) is 16.8 Å². The Morgan fingerprint density at radius 3 is 3.05 bits per heavy atom. The van der Waals surface area contributed by atoms with Gasteiger partial charge in [-0.25, -0.2) is 9.97 Å². The van der Waals surface area contributed by atoms with E-state index in [9.17, 15) is 0 Å². The third-order valence-corrected chi connectivity index (χ3v) is 4.06. The molecule has 0 amide bonds. The molecular weight excluding hydrogens is 302 g/mol. The van der Waals surface area contributed by atoms with Crippen molar-refractivity contribution >= 4 is 27.4 Å². The van der Waals surface area contributed by atoms with Crippen LogP contribution < -0.4 is 5.32 Å². The molecule has 0 fully saturated rings. The van der Waals surface area contributed by atoms with E-state index in [0.29, 0.717) is 24.7 Å². The summed E-state index contributed by atoms with van der Waals surface area (Å²) in [5.41, 5.74) is 0.943. The summed E-state index contributed by atoms with van der Waals surface area (Å²) in [6, 6.07) is 1.85. The largest absolute Gasteiger partial charge is 0.384 e. The van der Waals surface area contributed by atoms with Crippen LogP contribution >= 0.6 is 11.3 Å². The van der Waals surface area contributed by atoms with Gasteiger partial charge >= 0.3 is 0 Å². The number of hydrogen-bond donors (Lipinski definition) is 1. The zero-order valence-electron chi connectivity index (χ0n) is 12.7. The van der Waals surface area contributed by atoms with Crippen LogP contribution in [-0.2, 0) is 11.2 Å². The van der Waals surface area contributed by atoms with Gasteiger partial charge in [-0.05, 0) is 25.3 Å². The molecule has 0 saturated carbocycles. The van der Waals surface area contributed by atoms with E-state index in [0.717, 1.165) is 21.9 Å². The Morgan fingerprint density at radius 2 is 2.23 bits per heavy atom. The highest BCUT2D eigenvalue weighted by atomic mass is 32.1. The minimum Gasteiger partial charge on any atom is -0.384 e. The highest BCUT2D eigenvalue weighted by molar-refractivity contribution is 7.17. The Labute approximate surface area is 131 Å². The maximum Gasteiger partial charge on any atom is 0.248 e. The number of anilines is 1. The lowest BCUT2D eigenvalue weighted by Gasteiger charge is -2.11. The fourth-order valence-electron chi connectivity index (χ4n) is 2.08. The van der Waals surface area contributed by atoms with E-state index in [1.807, 2.05) is 25.3 Å². The molecule has 3 aromatic heterocycles. The van der Waals surface area contributed by atoms with Gasteiger partial charge in [0, 0.05) is 13.5 Å². The Bertz CT molecular complexity index is 770. The van der Waals surface area contributed by atoms with Crippen molar-refractivity contribution in [1.29, 1.82) is 0 Å². The average molecular weight is 319 g/mol. The fourth-order valence-corrected chi connectivity index (χ4v) is 2.87. The van der Waals surface area contributed by atoms with Gasteiger partial charge in [-0.15, -0.1) is 11.3 Å². The molecule has 3 heterocycles. The Balaban J connectivity index is 1.79. The van der Waals surface area contributed by atoms with E-state index in [1.165, 1.54) is 0 Å². The van der Waals surface area contributed by atoms with Crippen molar-refractivity contribution in [2.24, 2.45) is 0 Å².